The van der Waals surface area contributed by atoms with Crippen molar-refractivity contribution in [3.63, 3.8) is 0 Å². The number of alkyl halides is 1. The zero-order valence-corrected chi connectivity index (χ0v) is 18.2. The van der Waals surface area contributed by atoms with Crippen molar-refractivity contribution in [2.75, 3.05) is 0 Å². The summed E-state index contributed by atoms with van der Waals surface area (Å²) in [5, 5.41) is 7.56. The molecule has 3 aliphatic rings. The first-order valence-electron chi connectivity index (χ1n) is 11.3. The van der Waals surface area contributed by atoms with Crippen LogP contribution in [0.25, 0.3) is 10.9 Å². The molecule has 0 spiro atoms. The molecule has 2 saturated carbocycles. The standard InChI is InChI=1S/C24H23FN6O3/c25-24(14-4-2-1-3-5-14)10-19(24)28-23(34)17-9-13-8-16(13)31(17)20(32)12-30-18-11-27-7-6-15(18)21(29-30)22(26)33/h1-7,11,13,16-17,19H,8-10,12H2,(H2,26,33)(H,28,34)/t13-,16-,17+,19?,24?/m1/s1. The molecule has 34 heavy (non-hydrogen) atoms. The third-order valence-corrected chi connectivity index (χ3v) is 7.23. The number of rotatable bonds is 6. The van der Waals surface area contributed by atoms with Crippen molar-refractivity contribution in [2.24, 2.45) is 11.7 Å². The quantitative estimate of drug-likeness (QED) is 0.571. The number of primary amides is 1. The zero-order valence-electron chi connectivity index (χ0n) is 18.2. The molecule has 3 N–H and O–H groups in total. The van der Waals surface area contributed by atoms with Crippen LogP contribution >= 0.6 is 0 Å². The number of benzene rings is 1. The second-order valence-corrected chi connectivity index (χ2v) is 9.37. The van der Waals surface area contributed by atoms with Gasteiger partial charge in [-0.1, -0.05) is 30.3 Å². The molecule has 2 unspecified atom stereocenters. The van der Waals surface area contributed by atoms with Gasteiger partial charge < -0.3 is 16.0 Å². The van der Waals surface area contributed by atoms with Crippen molar-refractivity contribution in [3.05, 3.63) is 60.0 Å². The normalized spacial score (nSPS) is 29.0. The van der Waals surface area contributed by atoms with E-state index >= 15 is 4.39 Å². The maximum absolute atomic E-state index is 15.2. The average molecular weight is 462 g/mol. The van der Waals surface area contributed by atoms with E-state index < -0.39 is 23.7 Å². The Balaban J connectivity index is 1.19. The van der Waals surface area contributed by atoms with E-state index in [0.717, 1.165) is 6.42 Å². The summed E-state index contributed by atoms with van der Waals surface area (Å²) in [5.41, 5.74) is 5.00. The first-order valence-corrected chi connectivity index (χ1v) is 11.3. The number of hydrogen-bond donors (Lipinski definition) is 2. The number of nitrogens with two attached hydrogens (primary N) is 1. The Morgan fingerprint density at radius 1 is 1.18 bits per heavy atom. The number of fused-ring (bicyclic) bond motifs is 2. The molecule has 3 fully saturated rings. The van der Waals surface area contributed by atoms with E-state index in [4.69, 9.17) is 5.73 Å². The molecule has 0 radical (unpaired) electrons. The van der Waals surface area contributed by atoms with Gasteiger partial charge in [0.25, 0.3) is 5.91 Å². The Labute approximate surface area is 194 Å². The van der Waals surface area contributed by atoms with Crippen molar-refractivity contribution >= 4 is 28.6 Å². The first-order chi connectivity index (χ1) is 16.4. The Bertz CT molecular complexity index is 1330. The smallest absolute Gasteiger partial charge is 0.269 e. The molecule has 10 heteroatoms. The second kappa shape index (κ2) is 7.34. The third kappa shape index (κ3) is 3.24. The number of piperidine rings is 1. The molecule has 6 rings (SSSR count). The van der Waals surface area contributed by atoms with Crippen LogP contribution in [0.1, 0.15) is 35.3 Å². The second-order valence-electron chi connectivity index (χ2n) is 9.37. The number of likely N-dealkylation sites (tertiary alicyclic amines) is 1. The highest BCUT2D eigenvalue weighted by Gasteiger charge is 2.60. The highest BCUT2D eigenvalue weighted by Crippen LogP contribution is 2.51. The highest BCUT2D eigenvalue weighted by atomic mass is 19.1. The van der Waals surface area contributed by atoms with Crippen LogP contribution in [0, 0.1) is 5.92 Å². The van der Waals surface area contributed by atoms with Crippen molar-refractivity contribution in [1.29, 1.82) is 0 Å². The number of halogens is 1. The average Bonchev–Trinajstić information content (AvgIpc) is 3.65. The van der Waals surface area contributed by atoms with Gasteiger partial charge in [0, 0.05) is 24.0 Å². The number of carbonyl (C=O) groups is 3. The van der Waals surface area contributed by atoms with E-state index in [9.17, 15) is 14.4 Å². The van der Waals surface area contributed by atoms with Crippen LogP contribution in [0.15, 0.2) is 48.8 Å². The van der Waals surface area contributed by atoms with E-state index in [1.54, 1.807) is 35.2 Å². The maximum Gasteiger partial charge on any atom is 0.269 e. The molecule has 174 valence electrons. The summed E-state index contributed by atoms with van der Waals surface area (Å²) in [6.45, 7) is -0.150. The summed E-state index contributed by atoms with van der Waals surface area (Å²) in [7, 11) is 0. The summed E-state index contributed by atoms with van der Waals surface area (Å²) in [6, 6.07) is 9.19. The molecule has 9 nitrogen and oxygen atoms in total. The van der Waals surface area contributed by atoms with Gasteiger partial charge in [-0.25, -0.2) is 4.39 Å². The van der Waals surface area contributed by atoms with Gasteiger partial charge in [-0.2, -0.15) is 5.10 Å². The summed E-state index contributed by atoms with van der Waals surface area (Å²) in [6.07, 6.45) is 4.68. The van der Waals surface area contributed by atoms with Crippen LogP contribution in [0.3, 0.4) is 0 Å². The Morgan fingerprint density at radius 3 is 2.74 bits per heavy atom. The monoisotopic (exact) mass is 462 g/mol. The fourth-order valence-electron chi connectivity index (χ4n) is 5.29. The number of carbonyl (C=O) groups excluding carboxylic acids is 3. The summed E-state index contributed by atoms with van der Waals surface area (Å²) < 4.78 is 16.6. The van der Waals surface area contributed by atoms with Gasteiger partial charge in [0.1, 0.15) is 12.6 Å². The molecule has 1 aromatic carbocycles. The van der Waals surface area contributed by atoms with Crippen molar-refractivity contribution in [1.82, 2.24) is 25.0 Å². The number of amides is 3. The Hall–Kier alpha value is -3.82. The fourth-order valence-corrected chi connectivity index (χ4v) is 5.29. The van der Waals surface area contributed by atoms with E-state index in [1.807, 2.05) is 6.07 Å². The van der Waals surface area contributed by atoms with Crippen LogP contribution in [0.5, 0.6) is 0 Å². The predicted molar refractivity (Wildman–Crippen MR) is 119 cm³/mol. The van der Waals surface area contributed by atoms with Crippen LogP contribution < -0.4 is 11.1 Å². The molecule has 1 saturated heterocycles. The van der Waals surface area contributed by atoms with Gasteiger partial charge in [0.05, 0.1) is 17.8 Å². The van der Waals surface area contributed by atoms with E-state index in [0.29, 0.717) is 22.9 Å². The summed E-state index contributed by atoms with van der Waals surface area (Å²) in [5.74, 6) is -1.02. The minimum Gasteiger partial charge on any atom is -0.364 e. The van der Waals surface area contributed by atoms with Crippen LogP contribution in [-0.4, -0.2) is 55.5 Å². The molecule has 1 aliphatic heterocycles. The maximum atomic E-state index is 15.2. The molecule has 2 aromatic heterocycles. The molecule has 0 bridgehead atoms. The number of nitrogens with one attached hydrogen (secondary N) is 1. The first kappa shape index (κ1) is 20.8. The van der Waals surface area contributed by atoms with E-state index in [2.05, 4.69) is 15.4 Å². The number of pyridine rings is 1. The van der Waals surface area contributed by atoms with Gasteiger partial charge in [0.15, 0.2) is 11.4 Å². The third-order valence-electron chi connectivity index (χ3n) is 7.23. The summed E-state index contributed by atoms with van der Waals surface area (Å²) >= 11 is 0. The lowest BCUT2D eigenvalue weighted by Crippen LogP contribution is -2.50. The Kier molecular flexibility index (Phi) is 4.48. The van der Waals surface area contributed by atoms with Gasteiger partial charge in [0.2, 0.25) is 11.8 Å². The number of aromatic nitrogens is 3. The molecule has 5 atom stereocenters. The lowest BCUT2D eigenvalue weighted by Gasteiger charge is -2.27. The lowest BCUT2D eigenvalue weighted by molar-refractivity contribution is -0.140. The van der Waals surface area contributed by atoms with Gasteiger partial charge >= 0.3 is 0 Å². The Morgan fingerprint density at radius 2 is 1.97 bits per heavy atom. The van der Waals surface area contributed by atoms with Crippen LogP contribution in [0.2, 0.25) is 0 Å². The van der Waals surface area contributed by atoms with Crippen LogP contribution in [0.4, 0.5) is 4.39 Å². The van der Waals surface area contributed by atoms with Crippen molar-refractivity contribution in [3.8, 4) is 0 Å². The topological polar surface area (TPSA) is 123 Å². The lowest BCUT2D eigenvalue weighted by atomic mass is 10.1. The molecular formula is C24H23FN6O3. The van der Waals surface area contributed by atoms with Gasteiger partial charge in [-0.15, -0.1) is 0 Å². The molecule has 3 heterocycles. The molecule has 2 aliphatic carbocycles. The predicted octanol–water partition coefficient (Wildman–Crippen LogP) is 1.27. The highest BCUT2D eigenvalue weighted by molar-refractivity contribution is 6.04. The largest absolute Gasteiger partial charge is 0.364 e. The van der Waals surface area contributed by atoms with Gasteiger partial charge in [-0.3, -0.25) is 24.0 Å². The number of nitrogens with zero attached hydrogens (tertiary/aromatic N) is 4. The minimum atomic E-state index is -1.57. The van der Waals surface area contributed by atoms with Gasteiger partial charge in [-0.05, 0) is 30.4 Å². The number of hydrogen-bond acceptors (Lipinski definition) is 5. The zero-order chi connectivity index (χ0) is 23.6. The summed E-state index contributed by atoms with van der Waals surface area (Å²) in [4.78, 5) is 43.9. The SMILES string of the molecule is NC(=O)c1nn(CC(=O)N2[C@@H]3C[C@@H]3C[C@H]2C(=O)NC2CC2(F)c2ccccc2)c2cnccc12. The molecule has 3 amide bonds. The molecular weight excluding hydrogens is 439 g/mol. The van der Waals surface area contributed by atoms with Crippen molar-refractivity contribution < 1.29 is 18.8 Å². The fraction of sp³-hybridized carbons (Fsp3) is 0.375. The molecule has 3 aromatic rings. The minimum absolute atomic E-state index is 0.00210. The van der Waals surface area contributed by atoms with Crippen molar-refractivity contribution in [2.45, 2.75) is 49.6 Å². The van der Waals surface area contributed by atoms with E-state index in [1.165, 1.54) is 17.1 Å². The van der Waals surface area contributed by atoms with E-state index in [-0.39, 0.29) is 42.4 Å². The van der Waals surface area contributed by atoms with Crippen LogP contribution in [-0.2, 0) is 21.8 Å².